The number of nitrogens with two attached hydrogens (primary N) is 1. The van der Waals surface area contributed by atoms with Crippen LogP contribution in [0.1, 0.15) is 46.5 Å². The number of primary amides is 1. The highest BCUT2D eigenvalue weighted by Crippen LogP contribution is 2.39. The number of aliphatic hydroxyl groups is 1. The second-order valence-corrected chi connectivity index (χ2v) is 13.9. The molecule has 1 fully saturated rings. The molecule has 1 atom stereocenters. The summed E-state index contributed by atoms with van der Waals surface area (Å²) in [5.74, 6) is 3.99. The Hall–Kier alpha value is -5.05. The number of carbonyl (C=O) groups is 4. The first-order chi connectivity index (χ1) is 25.7. The summed E-state index contributed by atoms with van der Waals surface area (Å²) in [4.78, 5) is 52.8. The van der Waals surface area contributed by atoms with Crippen molar-refractivity contribution in [1.29, 1.82) is 0 Å². The highest BCUT2D eigenvalue weighted by molar-refractivity contribution is 7.20. The van der Waals surface area contributed by atoms with Crippen LogP contribution < -0.4 is 26.4 Å². The zero-order valence-corrected chi connectivity index (χ0v) is 31.1. The number of nitrogens with zero attached hydrogens (tertiary/aromatic N) is 2. The maximum absolute atomic E-state index is 13.8. The summed E-state index contributed by atoms with van der Waals surface area (Å²) < 4.78 is 52.5. The van der Waals surface area contributed by atoms with Crippen LogP contribution in [0.4, 0.5) is 24.5 Å². The average molecular weight is 775 g/mol. The van der Waals surface area contributed by atoms with E-state index < -0.39 is 36.4 Å². The van der Waals surface area contributed by atoms with Gasteiger partial charge in [0.15, 0.2) is 0 Å². The van der Waals surface area contributed by atoms with Crippen molar-refractivity contribution < 1.29 is 46.9 Å². The summed E-state index contributed by atoms with van der Waals surface area (Å²) in [6.07, 6.45) is -4.44. The van der Waals surface area contributed by atoms with Crippen molar-refractivity contribution in [3.8, 4) is 17.6 Å². The Labute approximate surface area is 315 Å². The van der Waals surface area contributed by atoms with Crippen molar-refractivity contribution in [2.45, 2.75) is 50.4 Å². The number of alkyl halides is 3. The lowest BCUT2D eigenvalue weighted by Crippen LogP contribution is -2.45. The van der Waals surface area contributed by atoms with E-state index in [1.165, 1.54) is 29.5 Å². The normalized spacial score (nSPS) is 13.9. The molecular weight excluding hydrogens is 730 g/mol. The number of methoxy groups -OCH3 is 1. The van der Waals surface area contributed by atoms with Gasteiger partial charge in [-0.2, -0.15) is 13.2 Å². The average Bonchev–Trinajstić information content (AvgIpc) is 3.46. The predicted octanol–water partition coefficient (Wildman–Crippen LogP) is 3.34. The van der Waals surface area contributed by atoms with Gasteiger partial charge in [0.2, 0.25) is 11.8 Å². The van der Waals surface area contributed by atoms with Gasteiger partial charge in [0.05, 0.1) is 54.2 Å². The summed E-state index contributed by atoms with van der Waals surface area (Å²) in [5.41, 5.74) is 6.47. The number of fused-ring (bicyclic) bond motifs is 1. The Balaban J connectivity index is 1.51. The number of piperidine rings is 1. The Kier molecular flexibility index (Phi) is 14.9. The van der Waals surface area contributed by atoms with Gasteiger partial charge in [0.1, 0.15) is 18.4 Å². The van der Waals surface area contributed by atoms with E-state index in [2.05, 4.69) is 27.8 Å². The molecule has 3 aromatic rings. The maximum atomic E-state index is 13.8. The first-order valence-electron chi connectivity index (χ1n) is 17.3. The predicted molar refractivity (Wildman–Crippen MR) is 199 cm³/mol. The molecule has 292 valence electrons. The van der Waals surface area contributed by atoms with E-state index in [0.29, 0.717) is 53.9 Å². The molecule has 6 N–H and O–H groups in total. The van der Waals surface area contributed by atoms with Gasteiger partial charge in [-0.15, -0.1) is 11.3 Å². The third-order valence-electron chi connectivity index (χ3n) is 8.49. The van der Waals surface area contributed by atoms with E-state index in [0.717, 1.165) is 7.11 Å². The number of ether oxygens (including phenoxy) is 2. The minimum atomic E-state index is -4.47. The van der Waals surface area contributed by atoms with Gasteiger partial charge >= 0.3 is 12.1 Å². The summed E-state index contributed by atoms with van der Waals surface area (Å²) in [7, 11) is 4.83. The second kappa shape index (κ2) is 19.3. The lowest BCUT2D eigenvalue weighted by molar-refractivity contribution is -0.143. The van der Waals surface area contributed by atoms with E-state index in [-0.39, 0.29) is 66.3 Å². The van der Waals surface area contributed by atoms with Gasteiger partial charge < -0.3 is 46.1 Å². The van der Waals surface area contributed by atoms with Crippen molar-refractivity contribution in [3.63, 3.8) is 0 Å². The van der Waals surface area contributed by atoms with Crippen LogP contribution in [-0.2, 0) is 25.5 Å². The molecule has 0 aliphatic carbocycles. The molecule has 4 rings (SSSR count). The number of rotatable bonds is 16. The molecule has 1 aromatic heterocycles. The number of likely N-dealkylation sites (N-methyl/N-ethyl adjacent to an activating group) is 1. The van der Waals surface area contributed by atoms with Crippen LogP contribution in [0.2, 0.25) is 0 Å². The molecular formula is C37H45F3N6O7S. The molecule has 3 amide bonds. The molecule has 0 spiro atoms. The molecule has 2 heterocycles. The molecule has 1 aliphatic heterocycles. The number of likely N-dealkylation sites (tertiary alicyclic amines) is 1. The maximum Gasteiger partial charge on any atom is 0.393 e. The van der Waals surface area contributed by atoms with E-state index >= 15 is 0 Å². The smallest absolute Gasteiger partial charge is 0.393 e. The number of nitrogens with one attached hydrogen (secondary N) is 3. The van der Waals surface area contributed by atoms with Crippen molar-refractivity contribution in [2.75, 3.05) is 71.2 Å². The number of benzene rings is 2. The van der Waals surface area contributed by atoms with Crippen molar-refractivity contribution >= 4 is 56.5 Å². The molecule has 0 bridgehead atoms. The van der Waals surface area contributed by atoms with Gasteiger partial charge in [-0.05, 0) is 68.6 Å². The van der Waals surface area contributed by atoms with Crippen molar-refractivity contribution in [2.24, 2.45) is 5.73 Å². The third kappa shape index (κ3) is 12.0. The number of esters is 1. The highest BCUT2D eigenvalue weighted by Gasteiger charge is 2.32. The number of anilines is 2. The van der Waals surface area contributed by atoms with E-state index in [1.54, 1.807) is 12.1 Å². The number of amides is 3. The standard InChI is InChI=1S/C37H45F3N6O7S/c1-45(2)22-33(49)46-16-13-24(14-17-46)43-28-7-4-6-25-26(21-37(38,39)40)31(54-34(25)28)8-5-15-42-27-10-9-23(20-30(27)53-19-18-47)35(50)44-29(36(51)52-3)11-12-32(41)48/h4,6-7,9-10,20,24,29,42-43,47H,11-19,21-22H2,1-3H3,(H2,41,48)(H,44,50). The number of aliphatic hydroxyl groups excluding tert-OH is 1. The van der Waals surface area contributed by atoms with Crippen LogP contribution in [-0.4, -0.2) is 117 Å². The van der Waals surface area contributed by atoms with Crippen LogP contribution in [0.5, 0.6) is 5.75 Å². The fourth-order valence-corrected chi connectivity index (χ4v) is 7.06. The molecule has 1 aliphatic rings. The molecule has 0 radical (unpaired) electrons. The fraction of sp³-hybridized carbons (Fsp3) is 0.459. The van der Waals surface area contributed by atoms with Gasteiger partial charge in [0.25, 0.3) is 5.91 Å². The minimum Gasteiger partial charge on any atom is -0.489 e. The Morgan fingerprint density at radius 1 is 1.13 bits per heavy atom. The molecule has 1 saturated heterocycles. The molecule has 17 heteroatoms. The lowest BCUT2D eigenvalue weighted by atomic mass is 10.0. The molecule has 54 heavy (non-hydrogen) atoms. The minimum absolute atomic E-state index is 0.00547. The zero-order chi connectivity index (χ0) is 39.4. The van der Waals surface area contributed by atoms with Gasteiger partial charge in [-0.1, -0.05) is 24.0 Å². The van der Waals surface area contributed by atoms with Gasteiger partial charge in [-0.25, -0.2) is 4.79 Å². The highest BCUT2D eigenvalue weighted by atomic mass is 32.1. The number of carbonyl (C=O) groups excluding carboxylic acids is 4. The fourth-order valence-electron chi connectivity index (χ4n) is 5.89. The summed E-state index contributed by atoms with van der Waals surface area (Å²) >= 11 is 1.18. The number of halogens is 3. The lowest BCUT2D eigenvalue weighted by Gasteiger charge is -2.33. The van der Waals surface area contributed by atoms with Crippen LogP contribution in [0.15, 0.2) is 36.4 Å². The summed E-state index contributed by atoms with van der Waals surface area (Å²) in [6, 6.07) is 8.50. The SMILES string of the molecule is COC(=O)C(CCC(N)=O)NC(=O)c1ccc(NCC#Cc2sc3c(NC4CCN(C(=O)CN(C)C)CC4)cccc3c2CC(F)(F)F)c(OCCO)c1. The molecule has 0 saturated carbocycles. The first-order valence-corrected chi connectivity index (χ1v) is 18.1. The Morgan fingerprint density at radius 3 is 2.52 bits per heavy atom. The van der Waals surface area contributed by atoms with Crippen molar-refractivity contribution in [1.82, 2.24) is 15.1 Å². The summed E-state index contributed by atoms with van der Waals surface area (Å²) in [5, 5.41) is 18.9. The number of hydrogen-bond donors (Lipinski definition) is 5. The van der Waals surface area contributed by atoms with Crippen LogP contribution in [0.3, 0.4) is 0 Å². The van der Waals surface area contributed by atoms with E-state index in [9.17, 15) is 37.5 Å². The quantitative estimate of drug-likeness (QED) is 0.107. The largest absolute Gasteiger partial charge is 0.489 e. The van der Waals surface area contributed by atoms with Gasteiger partial charge in [0, 0.05) is 31.1 Å². The molecule has 1 unspecified atom stereocenters. The van der Waals surface area contributed by atoms with Crippen LogP contribution in [0.25, 0.3) is 10.1 Å². The summed E-state index contributed by atoms with van der Waals surface area (Å²) in [6.45, 7) is 1.07. The topological polar surface area (TPSA) is 176 Å². The number of hydrogen-bond acceptors (Lipinski definition) is 11. The Bertz CT molecular complexity index is 1870. The molecule has 2 aromatic carbocycles. The van der Waals surface area contributed by atoms with Gasteiger partial charge in [-0.3, -0.25) is 14.4 Å². The first kappa shape index (κ1) is 41.7. The van der Waals surface area contributed by atoms with E-state index in [4.69, 9.17) is 15.2 Å². The second-order valence-electron chi connectivity index (χ2n) is 12.9. The van der Waals surface area contributed by atoms with E-state index in [1.807, 2.05) is 30.0 Å². The molecule has 13 nitrogen and oxygen atoms in total. The third-order valence-corrected chi connectivity index (χ3v) is 9.68. The van der Waals surface area contributed by atoms with Crippen molar-refractivity contribution in [3.05, 3.63) is 52.4 Å². The van der Waals surface area contributed by atoms with Crippen LogP contribution in [0, 0.1) is 11.8 Å². The Morgan fingerprint density at radius 2 is 1.87 bits per heavy atom. The monoisotopic (exact) mass is 774 g/mol. The van der Waals surface area contributed by atoms with Crippen LogP contribution >= 0.6 is 11.3 Å². The zero-order valence-electron chi connectivity index (χ0n) is 30.3. The number of thiophene rings is 1.